The van der Waals surface area contributed by atoms with Crippen LogP contribution in [0.4, 0.5) is 0 Å². The first-order chi connectivity index (χ1) is 10.9. The molecule has 0 radical (unpaired) electrons. The van der Waals surface area contributed by atoms with Crippen molar-refractivity contribution in [3.63, 3.8) is 0 Å². The Morgan fingerprint density at radius 2 is 2.04 bits per heavy atom. The van der Waals surface area contributed by atoms with Crippen LogP contribution in [0.15, 0.2) is 24.3 Å². The summed E-state index contributed by atoms with van der Waals surface area (Å²) in [6.07, 6.45) is 1.75. The number of aryl methyl sites for hydroxylation is 1. The summed E-state index contributed by atoms with van der Waals surface area (Å²) in [7, 11) is 0. The normalized spacial score (nSPS) is 18.8. The van der Waals surface area contributed by atoms with Gasteiger partial charge in [0.1, 0.15) is 6.04 Å². The molecular formula is C17H21NO4S. The minimum absolute atomic E-state index is 0.0269. The van der Waals surface area contributed by atoms with E-state index in [4.69, 9.17) is 5.11 Å². The summed E-state index contributed by atoms with van der Waals surface area (Å²) in [6.45, 7) is 2.92. The molecule has 23 heavy (non-hydrogen) atoms. The third-order valence-corrected chi connectivity index (χ3v) is 5.13. The Labute approximate surface area is 139 Å². The molecule has 2 rings (SSSR count). The van der Waals surface area contributed by atoms with Gasteiger partial charge in [0.15, 0.2) is 5.12 Å². The molecule has 1 aromatic carbocycles. The van der Waals surface area contributed by atoms with Gasteiger partial charge in [-0.1, -0.05) is 36.0 Å². The average Bonchev–Trinajstić information content (AvgIpc) is 2.91. The van der Waals surface area contributed by atoms with E-state index < -0.39 is 17.9 Å². The van der Waals surface area contributed by atoms with Gasteiger partial charge in [-0.3, -0.25) is 14.4 Å². The zero-order valence-electron chi connectivity index (χ0n) is 13.2. The number of nitrogens with one attached hydrogen (secondary N) is 1. The first-order valence-corrected chi connectivity index (χ1v) is 8.63. The molecule has 0 saturated heterocycles. The Morgan fingerprint density at radius 3 is 2.70 bits per heavy atom. The van der Waals surface area contributed by atoms with Gasteiger partial charge < -0.3 is 10.4 Å². The van der Waals surface area contributed by atoms with Crippen molar-refractivity contribution in [2.75, 3.05) is 5.75 Å². The maximum atomic E-state index is 12.6. The van der Waals surface area contributed by atoms with Crippen LogP contribution in [0.3, 0.4) is 0 Å². The predicted octanol–water partition coefficient (Wildman–Crippen LogP) is 2.20. The van der Waals surface area contributed by atoms with Gasteiger partial charge in [0.2, 0.25) is 5.91 Å². The molecule has 0 bridgehead atoms. The molecule has 1 aromatic rings. The van der Waals surface area contributed by atoms with Crippen molar-refractivity contribution in [3.8, 4) is 0 Å². The highest BCUT2D eigenvalue weighted by atomic mass is 32.2. The summed E-state index contributed by atoms with van der Waals surface area (Å²) < 4.78 is 0. The highest BCUT2D eigenvalue weighted by molar-refractivity contribution is 8.13. The number of carbonyl (C=O) groups is 3. The molecular weight excluding hydrogens is 314 g/mol. The molecule has 5 nitrogen and oxygen atoms in total. The fraction of sp³-hybridized carbons (Fsp3) is 0.471. The highest BCUT2D eigenvalue weighted by Crippen LogP contribution is 2.39. The average molecular weight is 335 g/mol. The van der Waals surface area contributed by atoms with Crippen LogP contribution >= 0.6 is 11.8 Å². The number of carboxylic acids is 1. The molecule has 2 N–H and O–H groups in total. The second kappa shape index (κ2) is 7.64. The Morgan fingerprint density at radius 1 is 1.35 bits per heavy atom. The number of carboxylic acid groups (broad SMARTS) is 1. The van der Waals surface area contributed by atoms with E-state index in [0.717, 1.165) is 30.2 Å². The number of carbonyl (C=O) groups excluding carboxylic acids is 2. The van der Waals surface area contributed by atoms with E-state index in [1.165, 1.54) is 19.4 Å². The standard InChI is InChI=1S/C17H21NO4S/c1-10(17(21)22)18-16(20)15(9-23-11(2)19)14-8-7-12-5-3-4-6-13(12)14/h3-6,10,14-15H,7-9H2,1-2H3,(H,18,20)(H,21,22)/t10-,14?,15?/m0/s1. The van der Waals surface area contributed by atoms with Crippen molar-refractivity contribution in [3.05, 3.63) is 35.4 Å². The Balaban J connectivity index is 2.19. The Bertz CT molecular complexity index is 616. The van der Waals surface area contributed by atoms with Crippen LogP contribution in [0.1, 0.15) is 37.3 Å². The smallest absolute Gasteiger partial charge is 0.325 e. The number of amides is 1. The molecule has 0 fully saturated rings. The van der Waals surface area contributed by atoms with Gasteiger partial charge >= 0.3 is 5.97 Å². The van der Waals surface area contributed by atoms with Crippen LogP contribution < -0.4 is 5.32 Å². The number of hydrogen-bond acceptors (Lipinski definition) is 4. The van der Waals surface area contributed by atoms with Gasteiger partial charge in [0, 0.05) is 12.7 Å². The van der Waals surface area contributed by atoms with Crippen LogP contribution in [-0.4, -0.2) is 33.9 Å². The number of aliphatic carboxylic acids is 1. The first-order valence-electron chi connectivity index (χ1n) is 7.64. The van der Waals surface area contributed by atoms with E-state index >= 15 is 0 Å². The summed E-state index contributed by atoms with van der Waals surface area (Å²) in [4.78, 5) is 34.8. The minimum Gasteiger partial charge on any atom is -0.480 e. The molecule has 0 aromatic heterocycles. The van der Waals surface area contributed by atoms with Gasteiger partial charge in [-0.05, 0) is 36.8 Å². The van der Waals surface area contributed by atoms with Crippen molar-refractivity contribution in [1.29, 1.82) is 0 Å². The SMILES string of the molecule is CC(=O)SCC(C(=O)N[C@@H](C)C(=O)O)C1CCc2ccccc21. The molecule has 1 amide bonds. The third-order valence-electron chi connectivity index (χ3n) is 4.20. The Kier molecular flexibility index (Phi) is 5.82. The number of hydrogen-bond donors (Lipinski definition) is 2. The predicted molar refractivity (Wildman–Crippen MR) is 89.4 cm³/mol. The molecule has 3 atom stereocenters. The van der Waals surface area contributed by atoms with Crippen LogP contribution in [0, 0.1) is 5.92 Å². The molecule has 0 aliphatic heterocycles. The second-order valence-electron chi connectivity index (χ2n) is 5.82. The summed E-state index contributed by atoms with van der Waals surface area (Å²) in [5.74, 6) is -1.38. The van der Waals surface area contributed by atoms with Crippen molar-refractivity contribution in [2.45, 2.75) is 38.6 Å². The third kappa shape index (κ3) is 4.34. The first kappa shape index (κ1) is 17.5. The Hall–Kier alpha value is -1.82. The monoisotopic (exact) mass is 335 g/mol. The summed E-state index contributed by atoms with van der Waals surface area (Å²) in [5.41, 5.74) is 2.37. The van der Waals surface area contributed by atoms with Gasteiger partial charge in [-0.25, -0.2) is 0 Å². The van der Waals surface area contributed by atoms with Crippen LogP contribution in [0.5, 0.6) is 0 Å². The zero-order chi connectivity index (χ0) is 17.0. The zero-order valence-corrected chi connectivity index (χ0v) is 14.1. The van der Waals surface area contributed by atoms with E-state index in [1.807, 2.05) is 18.2 Å². The fourth-order valence-electron chi connectivity index (χ4n) is 2.97. The largest absolute Gasteiger partial charge is 0.480 e. The maximum absolute atomic E-state index is 12.6. The summed E-state index contributed by atoms with van der Waals surface area (Å²) >= 11 is 1.12. The van der Waals surface area contributed by atoms with Gasteiger partial charge in [-0.15, -0.1) is 0 Å². The lowest BCUT2D eigenvalue weighted by atomic mass is 9.87. The lowest BCUT2D eigenvalue weighted by molar-refractivity contribution is -0.141. The van der Waals surface area contributed by atoms with E-state index in [0.29, 0.717) is 5.75 Å². The van der Waals surface area contributed by atoms with Crippen molar-refractivity contribution in [1.82, 2.24) is 5.32 Å². The van der Waals surface area contributed by atoms with Crippen LogP contribution in [0.25, 0.3) is 0 Å². The number of benzene rings is 1. The number of rotatable bonds is 6. The summed E-state index contributed by atoms with van der Waals surface area (Å²) in [5, 5.41) is 11.5. The van der Waals surface area contributed by atoms with Gasteiger partial charge in [-0.2, -0.15) is 0 Å². The molecule has 124 valence electrons. The van der Waals surface area contributed by atoms with Crippen LogP contribution in [0.2, 0.25) is 0 Å². The molecule has 2 unspecified atom stereocenters. The molecule has 6 heteroatoms. The summed E-state index contributed by atoms with van der Waals surface area (Å²) in [6, 6.07) is 7.07. The van der Waals surface area contributed by atoms with Gasteiger partial charge in [0.25, 0.3) is 0 Å². The molecule has 1 aliphatic carbocycles. The highest BCUT2D eigenvalue weighted by Gasteiger charge is 2.35. The van der Waals surface area contributed by atoms with E-state index in [9.17, 15) is 14.4 Å². The molecule has 1 aliphatic rings. The van der Waals surface area contributed by atoms with Crippen molar-refractivity contribution < 1.29 is 19.5 Å². The maximum Gasteiger partial charge on any atom is 0.325 e. The lowest BCUT2D eigenvalue weighted by Gasteiger charge is -2.24. The molecule has 0 saturated carbocycles. The minimum atomic E-state index is -1.07. The quantitative estimate of drug-likeness (QED) is 0.833. The van der Waals surface area contributed by atoms with Gasteiger partial charge in [0.05, 0.1) is 5.92 Å². The van der Waals surface area contributed by atoms with E-state index in [-0.39, 0.29) is 16.9 Å². The van der Waals surface area contributed by atoms with E-state index in [2.05, 4.69) is 11.4 Å². The number of fused-ring (bicyclic) bond motifs is 1. The lowest BCUT2D eigenvalue weighted by Crippen LogP contribution is -2.43. The van der Waals surface area contributed by atoms with Crippen molar-refractivity contribution >= 4 is 28.8 Å². The number of thioether (sulfide) groups is 1. The molecule has 0 spiro atoms. The molecule has 0 heterocycles. The fourth-order valence-corrected chi connectivity index (χ4v) is 3.77. The van der Waals surface area contributed by atoms with Crippen molar-refractivity contribution in [2.24, 2.45) is 5.92 Å². The van der Waals surface area contributed by atoms with Crippen LogP contribution in [-0.2, 0) is 20.8 Å². The topological polar surface area (TPSA) is 83.5 Å². The van der Waals surface area contributed by atoms with E-state index in [1.54, 1.807) is 0 Å². The second-order valence-corrected chi connectivity index (χ2v) is 7.02.